The molecule has 0 saturated carbocycles. The van der Waals surface area contributed by atoms with Gasteiger partial charge in [0, 0.05) is 17.7 Å². The molecule has 2 aromatic rings. The number of aryl methyl sites for hydroxylation is 1. The number of hydrogen-bond acceptors (Lipinski definition) is 5. The van der Waals surface area contributed by atoms with Gasteiger partial charge in [0.2, 0.25) is 5.91 Å². The van der Waals surface area contributed by atoms with Gasteiger partial charge in [-0.1, -0.05) is 13.8 Å². The maximum Gasteiger partial charge on any atom is 0.354 e. The van der Waals surface area contributed by atoms with Gasteiger partial charge in [-0.25, -0.2) is 4.79 Å². The van der Waals surface area contributed by atoms with Crippen LogP contribution in [0.3, 0.4) is 0 Å². The van der Waals surface area contributed by atoms with E-state index in [0.717, 1.165) is 0 Å². The van der Waals surface area contributed by atoms with E-state index >= 15 is 0 Å². The number of amides is 1. The zero-order valence-corrected chi connectivity index (χ0v) is 16.4. The Kier molecular flexibility index (Phi) is 6.60. The van der Waals surface area contributed by atoms with Crippen LogP contribution in [-0.2, 0) is 16.1 Å². The van der Waals surface area contributed by atoms with E-state index in [1.165, 1.54) is 18.3 Å². The highest BCUT2D eigenvalue weighted by molar-refractivity contribution is 6.04. The SMILES string of the molecule is COC(=O)c1[nH]c(C)c(C(=O)CN(Cc2ccco2)C(=O)CC(C)C)c1C. The minimum Gasteiger partial charge on any atom is -0.467 e. The van der Waals surface area contributed by atoms with Crippen molar-refractivity contribution >= 4 is 17.7 Å². The lowest BCUT2D eigenvalue weighted by Gasteiger charge is -2.22. The lowest BCUT2D eigenvalue weighted by atomic mass is 10.0. The van der Waals surface area contributed by atoms with Crippen LogP contribution in [0.25, 0.3) is 0 Å². The highest BCUT2D eigenvalue weighted by atomic mass is 16.5. The molecule has 0 aliphatic carbocycles. The lowest BCUT2D eigenvalue weighted by Crippen LogP contribution is -2.36. The molecule has 0 aromatic carbocycles. The molecular formula is C20H26N2O5. The smallest absolute Gasteiger partial charge is 0.354 e. The number of hydrogen-bond donors (Lipinski definition) is 1. The van der Waals surface area contributed by atoms with Gasteiger partial charge in [0.05, 0.1) is 26.5 Å². The van der Waals surface area contributed by atoms with Crippen molar-refractivity contribution in [1.82, 2.24) is 9.88 Å². The van der Waals surface area contributed by atoms with Crippen LogP contribution >= 0.6 is 0 Å². The second kappa shape index (κ2) is 8.70. The Morgan fingerprint density at radius 3 is 2.52 bits per heavy atom. The van der Waals surface area contributed by atoms with Gasteiger partial charge in [-0.2, -0.15) is 0 Å². The predicted octanol–water partition coefficient (Wildman–Crippen LogP) is 3.27. The van der Waals surface area contributed by atoms with E-state index in [0.29, 0.717) is 29.0 Å². The first-order valence-electron chi connectivity index (χ1n) is 8.85. The van der Waals surface area contributed by atoms with Crippen LogP contribution in [0.15, 0.2) is 22.8 Å². The molecule has 146 valence electrons. The molecular weight excluding hydrogens is 348 g/mol. The Labute approximate surface area is 158 Å². The molecule has 0 fully saturated rings. The van der Waals surface area contributed by atoms with Crippen molar-refractivity contribution in [1.29, 1.82) is 0 Å². The second-order valence-electron chi connectivity index (χ2n) is 6.97. The number of Topliss-reactive ketones (excluding diaryl/α,β-unsaturated/α-hetero) is 1. The van der Waals surface area contributed by atoms with Gasteiger partial charge in [0.15, 0.2) is 5.78 Å². The molecule has 1 N–H and O–H groups in total. The number of furan rings is 1. The van der Waals surface area contributed by atoms with Crippen LogP contribution in [0.1, 0.15) is 58.1 Å². The molecule has 0 aliphatic heterocycles. The average Bonchev–Trinajstić information content (AvgIpc) is 3.20. The van der Waals surface area contributed by atoms with Crippen molar-refractivity contribution in [3.8, 4) is 0 Å². The third-order valence-electron chi connectivity index (χ3n) is 4.30. The summed E-state index contributed by atoms with van der Waals surface area (Å²) in [7, 11) is 1.29. The molecule has 7 heteroatoms. The number of rotatable bonds is 8. The number of aromatic nitrogens is 1. The fourth-order valence-corrected chi connectivity index (χ4v) is 3.03. The molecule has 0 unspecified atom stereocenters. The number of esters is 1. The number of ketones is 1. The number of methoxy groups -OCH3 is 1. The van der Waals surface area contributed by atoms with Crippen molar-refractivity contribution in [2.75, 3.05) is 13.7 Å². The summed E-state index contributed by atoms with van der Waals surface area (Å²) in [5.41, 5.74) is 1.77. The maximum absolute atomic E-state index is 12.9. The molecule has 0 saturated heterocycles. The van der Waals surface area contributed by atoms with E-state index in [1.54, 1.807) is 26.0 Å². The van der Waals surface area contributed by atoms with E-state index in [4.69, 9.17) is 9.15 Å². The molecule has 0 aliphatic rings. The van der Waals surface area contributed by atoms with Gasteiger partial charge in [0.25, 0.3) is 0 Å². The van der Waals surface area contributed by atoms with E-state index in [-0.39, 0.29) is 36.4 Å². The first-order valence-corrected chi connectivity index (χ1v) is 8.85. The summed E-state index contributed by atoms with van der Waals surface area (Å²) < 4.78 is 10.1. The maximum atomic E-state index is 12.9. The number of nitrogens with one attached hydrogen (secondary N) is 1. The second-order valence-corrected chi connectivity index (χ2v) is 6.97. The van der Waals surface area contributed by atoms with Gasteiger partial charge in [-0.05, 0) is 37.5 Å². The summed E-state index contributed by atoms with van der Waals surface area (Å²) in [6.45, 7) is 7.44. The molecule has 1 amide bonds. The Hall–Kier alpha value is -2.83. The van der Waals surface area contributed by atoms with Crippen LogP contribution in [-0.4, -0.2) is 41.2 Å². The van der Waals surface area contributed by atoms with Crippen LogP contribution in [0, 0.1) is 19.8 Å². The Morgan fingerprint density at radius 2 is 1.96 bits per heavy atom. The summed E-state index contributed by atoms with van der Waals surface area (Å²) in [5.74, 6) is -0.0992. The van der Waals surface area contributed by atoms with Gasteiger partial charge in [0.1, 0.15) is 11.5 Å². The van der Waals surface area contributed by atoms with Crippen molar-refractivity contribution in [3.05, 3.63) is 46.7 Å². The Bertz CT molecular complexity index is 818. The summed E-state index contributed by atoms with van der Waals surface area (Å²) in [6.07, 6.45) is 1.87. The van der Waals surface area contributed by atoms with Gasteiger partial charge >= 0.3 is 5.97 Å². The Morgan fingerprint density at radius 1 is 1.26 bits per heavy atom. The molecule has 7 nitrogen and oxygen atoms in total. The van der Waals surface area contributed by atoms with E-state index in [2.05, 4.69) is 4.98 Å². The van der Waals surface area contributed by atoms with E-state index in [1.807, 2.05) is 13.8 Å². The molecule has 2 heterocycles. The zero-order valence-electron chi connectivity index (χ0n) is 16.4. The molecule has 0 bridgehead atoms. The van der Waals surface area contributed by atoms with Crippen LogP contribution in [0.2, 0.25) is 0 Å². The largest absolute Gasteiger partial charge is 0.467 e. The number of nitrogens with zero attached hydrogens (tertiary/aromatic N) is 1. The number of carbonyl (C=O) groups excluding carboxylic acids is 3. The standard InChI is InChI=1S/C20H26N2O5/c1-12(2)9-17(24)22(10-15-7-6-8-27-15)11-16(23)18-13(3)19(20(25)26-5)21-14(18)4/h6-8,12,21H,9-11H2,1-5H3. The minimum atomic E-state index is -0.530. The average molecular weight is 374 g/mol. The summed E-state index contributed by atoms with van der Waals surface area (Å²) in [6, 6.07) is 3.51. The topological polar surface area (TPSA) is 92.6 Å². The number of H-pyrrole nitrogens is 1. The zero-order chi connectivity index (χ0) is 20.1. The summed E-state index contributed by atoms with van der Waals surface area (Å²) >= 11 is 0. The van der Waals surface area contributed by atoms with Crippen molar-refractivity contribution in [3.63, 3.8) is 0 Å². The first kappa shape index (κ1) is 20.5. The summed E-state index contributed by atoms with van der Waals surface area (Å²) in [4.78, 5) is 41.8. The highest BCUT2D eigenvalue weighted by Crippen LogP contribution is 2.20. The third-order valence-corrected chi connectivity index (χ3v) is 4.30. The van der Waals surface area contributed by atoms with Gasteiger partial charge in [-0.3, -0.25) is 9.59 Å². The van der Waals surface area contributed by atoms with Crippen LogP contribution < -0.4 is 0 Å². The third kappa shape index (κ3) is 4.87. The number of ether oxygens (including phenoxy) is 1. The molecule has 0 atom stereocenters. The minimum absolute atomic E-state index is 0.0909. The predicted molar refractivity (Wildman–Crippen MR) is 99.5 cm³/mol. The molecule has 0 spiro atoms. The molecule has 27 heavy (non-hydrogen) atoms. The summed E-state index contributed by atoms with van der Waals surface area (Å²) in [5, 5.41) is 0. The molecule has 2 rings (SSSR count). The fraction of sp³-hybridized carbons (Fsp3) is 0.450. The van der Waals surface area contributed by atoms with E-state index < -0.39 is 5.97 Å². The number of carbonyl (C=O) groups is 3. The Balaban J connectivity index is 2.26. The normalized spacial score (nSPS) is 10.9. The molecule has 2 aromatic heterocycles. The number of aromatic amines is 1. The lowest BCUT2D eigenvalue weighted by molar-refractivity contribution is -0.132. The van der Waals surface area contributed by atoms with Crippen molar-refractivity contribution in [2.24, 2.45) is 5.92 Å². The van der Waals surface area contributed by atoms with Crippen LogP contribution in [0.4, 0.5) is 0 Å². The molecule has 0 radical (unpaired) electrons. The quantitative estimate of drug-likeness (QED) is 0.565. The van der Waals surface area contributed by atoms with Crippen molar-refractivity contribution < 1.29 is 23.5 Å². The fourth-order valence-electron chi connectivity index (χ4n) is 3.03. The van der Waals surface area contributed by atoms with Crippen LogP contribution in [0.5, 0.6) is 0 Å². The highest BCUT2D eigenvalue weighted by Gasteiger charge is 2.26. The van der Waals surface area contributed by atoms with Gasteiger partial charge in [-0.15, -0.1) is 0 Å². The van der Waals surface area contributed by atoms with Crippen molar-refractivity contribution in [2.45, 2.75) is 40.7 Å². The first-order chi connectivity index (χ1) is 12.7. The van der Waals surface area contributed by atoms with E-state index in [9.17, 15) is 14.4 Å². The monoisotopic (exact) mass is 374 g/mol. The van der Waals surface area contributed by atoms with Gasteiger partial charge < -0.3 is 19.0 Å².